The molecule has 4 heteroatoms. The van der Waals surface area contributed by atoms with Gasteiger partial charge in [0.1, 0.15) is 6.10 Å². The van der Waals surface area contributed by atoms with Crippen molar-refractivity contribution in [3.05, 3.63) is 0 Å². The molecule has 0 saturated carbocycles. The van der Waals surface area contributed by atoms with Gasteiger partial charge in [-0.2, -0.15) is 0 Å². The Balaban J connectivity index is 2.35. The van der Waals surface area contributed by atoms with Crippen LogP contribution < -0.4 is 0 Å². The second kappa shape index (κ2) is 2.62. The summed E-state index contributed by atoms with van der Waals surface area (Å²) in [4.78, 5) is 0. The summed E-state index contributed by atoms with van der Waals surface area (Å²) in [5.41, 5.74) is 0. The van der Waals surface area contributed by atoms with Gasteiger partial charge in [0, 0.05) is 6.42 Å². The minimum atomic E-state index is -1.12. The van der Waals surface area contributed by atoms with Crippen LogP contribution in [-0.2, 0) is 4.74 Å². The Bertz CT molecular complexity index is 95.0. The van der Waals surface area contributed by atoms with E-state index in [4.69, 9.17) is 15.3 Å². The maximum Gasteiger partial charge on any atom is 0.181 e. The zero-order valence-electron chi connectivity index (χ0n) is 4.90. The number of hydrogen-bond acceptors (Lipinski definition) is 4. The van der Waals surface area contributed by atoms with E-state index < -0.39 is 18.5 Å². The first-order chi connectivity index (χ1) is 4.20. The topological polar surface area (TPSA) is 69.9 Å². The van der Waals surface area contributed by atoms with E-state index in [9.17, 15) is 0 Å². The summed E-state index contributed by atoms with van der Waals surface area (Å²) >= 11 is 0. The Labute approximate surface area is 52.7 Å². The molecule has 54 valence electrons. The van der Waals surface area contributed by atoms with Gasteiger partial charge in [-0.3, -0.25) is 0 Å². The summed E-state index contributed by atoms with van der Waals surface area (Å²) in [7, 11) is 0. The van der Waals surface area contributed by atoms with Gasteiger partial charge in [0.2, 0.25) is 0 Å². The van der Waals surface area contributed by atoms with Crippen molar-refractivity contribution in [2.75, 3.05) is 6.61 Å². The van der Waals surface area contributed by atoms with E-state index in [1.807, 2.05) is 0 Å². The predicted octanol–water partition coefficient (Wildman–Crippen LogP) is -1.55. The van der Waals surface area contributed by atoms with Gasteiger partial charge < -0.3 is 20.1 Å². The molecule has 0 amide bonds. The molecule has 0 aliphatic carbocycles. The van der Waals surface area contributed by atoms with Crippen LogP contribution in [0.1, 0.15) is 6.42 Å². The van der Waals surface area contributed by atoms with Crippen LogP contribution in [0.5, 0.6) is 0 Å². The van der Waals surface area contributed by atoms with Gasteiger partial charge in [-0.15, -0.1) is 0 Å². The Morgan fingerprint density at radius 3 is 2.33 bits per heavy atom. The lowest BCUT2D eigenvalue weighted by Crippen LogP contribution is -2.40. The van der Waals surface area contributed by atoms with Crippen LogP contribution in [0.25, 0.3) is 0 Å². The van der Waals surface area contributed by atoms with Crippen LogP contribution in [0.2, 0.25) is 0 Å². The van der Waals surface area contributed by atoms with Gasteiger partial charge in [-0.05, 0) is 0 Å². The van der Waals surface area contributed by atoms with Crippen molar-refractivity contribution < 1.29 is 20.1 Å². The molecular formula is C5H10O4. The molecule has 1 fully saturated rings. The third-order valence-corrected chi connectivity index (χ3v) is 1.30. The fraction of sp³-hybridized carbons (Fsp3) is 1.00. The number of aliphatic hydroxyl groups excluding tert-OH is 3. The summed E-state index contributed by atoms with van der Waals surface area (Å²) < 4.78 is 4.56. The van der Waals surface area contributed by atoms with Crippen molar-refractivity contribution >= 4 is 0 Å². The van der Waals surface area contributed by atoms with E-state index in [-0.39, 0.29) is 13.0 Å². The highest BCUT2D eigenvalue weighted by Gasteiger charge is 2.26. The molecule has 1 aliphatic heterocycles. The van der Waals surface area contributed by atoms with Crippen LogP contribution >= 0.6 is 0 Å². The van der Waals surface area contributed by atoms with Crippen LogP contribution in [0.3, 0.4) is 0 Å². The lowest BCUT2D eigenvalue weighted by molar-refractivity contribution is -0.211. The van der Waals surface area contributed by atoms with E-state index in [1.54, 1.807) is 0 Å². The molecule has 1 aliphatic rings. The molecular weight excluding hydrogens is 124 g/mol. The standard InChI is InChI=1S/C5H10O4/c6-3-1-4(7)5(8)9-2-3/h3-8H,1-2H2/t3-,4?,5-/m0/s1. The van der Waals surface area contributed by atoms with Gasteiger partial charge in [0.15, 0.2) is 6.29 Å². The van der Waals surface area contributed by atoms with Gasteiger partial charge in [0.25, 0.3) is 0 Å². The first kappa shape index (κ1) is 6.95. The number of ether oxygens (including phenoxy) is 1. The number of aliphatic hydroxyl groups is 3. The molecule has 1 heterocycles. The maximum absolute atomic E-state index is 8.81. The molecule has 0 bridgehead atoms. The van der Waals surface area contributed by atoms with Crippen LogP contribution in [0, 0.1) is 0 Å². The molecule has 1 unspecified atom stereocenters. The van der Waals surface area contributed by atoms with Crippen LogP contribution in [-0.4, -0.2) is 40.4 Å². The minimum absolute atomic E-state index is 0.109. The highest BCUT2D eigenvalue weighted by atomic mass is 16.6. The fourth-order valence-corrected chi connectivity index (χ4v) is 0.784. The predicted molar refractivity (Wildman–Crippen MR) is 28.6 cm³/mol. The van der Waals surface area contributed by atoms with E-state index in [0.29, 0.717) is 0 Å². The van der Waals surface area contributed by atoms with Crippen molar-refractivity contribution in [2.24, 2.45) is 0 Å². The first-order valence-electron chi connectivity index (χ1n) is 2.86. The Morgan fingerprint density at radius 2 is 1.89 bits per heavy atom. The molecule has 1 rings (SSSR count). The van der Waals surface area contributed by atoms with Crippen LogP contribution in [0.4, 0.5) is 0 Å². The van der Waals surface area contributed by atoms with Gasteiger partial charge in [-0.25, -0.2) is 0 Å². The summed E-state index contributed by atoms with van der Waals surface area (Å²) in [5, 5.41) is 26.3. The molecule has 1 saturated heterocycles. The largest absolute Gasteiger partial charge is 0.391 e. The highest BCUT2D eigenvalue weighted by Crippen LogP contribution is 2.11. The third-order valence-electron chi connectivity index (χ3n) is 1.30. The van der Waals surface area contributed by atoms with Gasteiger partial charge in [0.05, 0.1) is 12.7 Å². The normalized spacial score (nSPS) is 45.0. The zero-order valence-corrected chi connectivity index (χ0v) is 4.90. The van der Waals surface area contributed by atoms with Crippen molar-refractivity contribution in [1.29, 1.82) is 0 Å². The molecule has 0 spiro atoms. The second-order valence-corrected chi connectivity index (χ2v) is 2.18. The summed E-state index contributed by atoms with van der Waals surface area (Å²) in [6.45, 7) is 0.109. The summed E-state index contributed by atoms with van der Waals surface area (Å²) in [6, 6.07) is 0. The Kier molecular flexibility index (Phi) is 2.02. The SMILES string of the molecule is OC1C[C@H](O)CO[C@@H]1O. The maximum atomic E-state index is 8.81. The third kappa shape index (κ3) is 1.62. The van der Waals surface area contributed by atoms with Crippen molar-refractivity contribution in [2.45, 2.75) is 24.9 Å². The smallest absolute Gasteiger partial charge is 0.181 e. The van der Waals surface area contributed by atoms with E-state index in [2.05, 4.69) is 4.74 Å². The molecule has 0 aromatic carbocycles. The molecule has 4 nitrogen and oxygen atoms in total. The lowest BCUT2D eigenvalue weighted by Gasteiger charge is -2.26. The molecule has 0 radical (unpaired) electrons. The number of rotatable bonds is 0. The fourth-order valence-electron chi connectivity index (χ4n) is 0.784. The van der Waals surface area contributed by atoms with Gasteiger partial charge in [-0.1, -0.05) is 0 Å². The molecule has 0 aromatic heterocycles. The summed E-state index contributed by atoms with van der Waals surface area (Å²) in [5.74, 6) is 0. The number of hydrogen-bond donors (Lipinski definition) is 3. The Morgan fingerprint density at radius 1 is 1.22 bits per heavy atom. The molecule has 3 N–H and O–H groups in total. The van der Waals surface area contributed by atoms with Crippen molar-refractivity contribution in [3.8, 4) is 0 Å². The molecule has 0 aromatic rings. The van der Waals surface area contributed by atoms with E-state index in [1.165, 1.54) is 0 Å². The van der Waals surface area contributed by atoms with Crippen LogP contribution in [0.15, 0.2) is 0 Å². The second-order valence-electron chi connectivity index (χ2n) is 2.18. The van der Waals surface area contributed by atoms with Crippen molar-refractivity contribution in [3.63, 3.8) is 0 Å². The minimum Gasteiger partial charge on any atom is -0.391 e. The quantitative estimate of drug-likeness (QED) is 0.375. The zero-order chi connectivity index (χ0) is 6.85. The van der Waals surface area contributed by atoms with E-state index >= 15 is 0 Å². The highest BCUT2D eigenvalue weighted by molar-refractivity contribution is 4.70. The average molecular weight is 134 g/mol. The van der Waals surface area contributed by atoms with Gasteiger partial charge >= 0.3 is 0 Å². The average Bonchev–Trinajstić information content (AvgIpc) is 1.80. The Hall–Kier alpha value is -0.160. The molecule has 9 heavy (non-hydrogen) atoms. The monoisotopic (exact) mass is 134 g/mol. The van der Waals surface area contributed by atoms with E-state index in [0.717, 1.165) is 0 Å². The summed E-state index contributed by atoms with van der Waals surface area (Å²) in [6.07, 6.45) is -2.49. The first-order valence-corrected chi connectivity index (χ1v) is 2.86. The lowest BCUT2D eigenvalue weighted by atomic mass is 10.1. The molecule has 3 atom stereocenters. The van der Waals surface area contributed by atoms with Crippen molar-refractivity contribution in [1.82, 2.24) is 0 Å².